The van der Waals surface area contributed by atoms with Crippen molar-refractivity contribution in [2.45, 2.75) is 49.0 Å². The van der Waals surface area contributed by atoms with Crippen molar-refractivity contribution >= 4 is 70.7 Å². The normalized spacial score (nSPS) is 17.1. The number of carbonyl (C=O) groups excluding carboxylic acids is 5. The molecule has 3 unspecified atom stereocenters. The average Bonchev–Trinajstić information content (AvgIpc) is 3.64. The van der Waals surface area contributed by atoms with Gasteiger partial charge in [-0.15, -0.1) is 16.9 Å². The number of H-pyrrole nitrogens is 1. The third-order valence-corrected chi connectivity index (χ3v) is 11.3. The van der Waals surface area contributed by atoms with Gasteiger partial charge in [-0.3, -0.25) is 43.4 Å². The number of aromatic nitrogens is 6. The van der Waals surface area contributed by atoms with Gasteiger partial charge in [-0.2, -0.15) is 0 Å². The smallest absolute Gasteiger partial charge is 0.352 e. The zero-order chi connectivity index (χ0) is 42.0. The number of carbonyl (C=O) groups is 7. The molecule has 0 aliphatic carbocycles. The zero-order valence-corrected chi connectivity index (χ0v) is 32.0. The number of benzene rings is 2. The van der Waals surface area contributed by atoms with Crippen molar-refractivity contribution in [2.75, 3.05) is 16.4 Å². The second-order valence-electron chi connectivity index (χ2n) is 12.8. The van der Waals surface area contributed by atoms with Gasteiger partial charge in [0, 0.05) is 30.2 Å². The number of carboxylic acids is 2. The Bertz CT molecular complexity index is 2420. The van der Waals surface area contributed by atoms with Crippen molar-refractivity contribution in [3.8, 4) is 11.4 Å². The Kier molecular flexibility index (Phi) is 12.0. The van der Waals surface area contributed by atoms with E-state index in [0.717, 1.165) is 44.2 Å². The number of aromatic amines is 1. The third-order valence-electron chi connectivity index (χ3n) is 8.89. The molecule has 2 aromatic heterocycles. The quantitative estimate of drug-likeness (QED) is 0.0862. The lowest BCUT2D eigenvalue weighted by molar-refractivity contribution is -0.157. The topological polar surface area (TPSA) is 311 Å². The molecule has 1 saturated heterocycles. The fourth-order valence-electron chi connectivity index (χ4n) is 6.13. The molecule has 4 atom stereocenters. The van der Waals surface area contributed by atoms with Crippen LogP contribution in [0.1, 0.15) is 35.8 Å². The fourth-order valence-corrected chi connectivity index (χ4v) is 8.54. The van der Waals surface area contributed by atoms with Gasteiger partial charge in [0.15, 0.2) is 0 Å². The number of tetrazole rings is 1. The third kappa shape index (κ3) is 8.00. The predicted octanol–water partition coefficient (Wildman–Crippen LogP) is -0.182. The van der Waals surface area contributed by atoms with Crippen LogP contribution in [0.3, 0.4) is 0 Å². The Labute approximate surface area is 335 Å². The lowest BCUT2D eigenvalue weighted by Crippen LogP contribution is -2.73. The van der Waals surface area contributed by atoms with E-state index in [1.54, 1.807) is 18.2 Å². The lowest BCUT2D eigenvalue weighted by Gasteiger charge is -2.52. The highest BCUT2D eigenvalue weighted by Gasteiger charge is 2.59. The number of imide groups is 2. The fraction of sp³-hybridized carbons (Fsp3) is 0.257. The second kappa shape index (κ2) is 16.9. The van der Waals surface area contributed by atoms with Crippen LogP contribution in [0.5, 0.6) is 0 Å². The predicted molar refractivity (Wildman–Crippen MR) is 204 cm³/mol. The summed E-state index contributed by atoms with van der Waals surface area (Å²) in [5, 5.41) is 29.2. The van der Waals surface area contributed by atoms with Crippen molar-refractivity contribution in [2.24, 2.45) is 11.5 Å². The van der Waals surface area contributed by atoms with Crippen LogP contribution in [-0.4, -0.2) is 121 Å². The van der Waals surface area contributed by atoms with Gasteiger partial charge in [0.2, 0.25) is 17.0 Å². The number of nitrogens with two attached hydrogens (primary N) is 2. The number of aliphatic carboxylic acids is 2. The van der Waals surface area contributed by atoms with Crippen LogP contribution in [0.25, 0.3) is 11.4 Å². The number of hydrogen-bond acceptors (Lipinski definition) is 16. The minimum Gasteiger partial charge on any atom is -0.480 e. The minimum absolute atomic E-state index is 0.0141. The zero-order valence-electron chi connectivity index (χ0n) is 30.4. The van der Waals surface area contributed by atoms with E-state index in [4.69, 9.17) is 16.6 Å². The van der Waals surface area contributed by atoms with Crippen LogP contribution in [0, 0.1) is 0 Å². The SMILES string of the molecule is CC(=O)N(C(=O)C(C)N)c1ccc(-c2ncc(C(=O)N(C(=O)C(N)c3ccccc3)C3C(=O)N4C(C(=O)O)=C(CSc5nnnn5CC(=O)O)CS[C@@H]34)c(=O)[nH]2)cc1. The van der Waals surface area contributed by atoms with Crippen molar-refractivity contribution in [1.82, 2.24) is 40.0 Å². The molecule has 4 heterocycles. The molecule has 21 nitrogen and oxygen atoms in total. The molecule has 5 amide bonds. The first-order chi connectivity index (χ1) is 27.6. The molecular formula is C35H33N11O10S2. The number of amides is 5. The summed E-state index contributed by atoms with van der Waals surface area (Å²) in [6.07, 6.45) is 0.922. The highest BCUT2D eigenvalue weighted by Crippen LogP contribution is 2.44. The van der Waals surface area contributed by atoms with E-state index in [-0.39, 0.29) is 39.3 Å². The summed E-state index contributed by atoms with van der Waals surface area (Å²) in [6.45, 7) is 2.09. The first-order valence-electron chi connectivity index (χ1n) is 17.1. The van der Waals surface area contributed by atoms with Gasteiger partial charge in [0.25, 0.3) is 23.3 Å². The van der Waals surface area contributed by atoms with E-state index in [2.05, 4.69) is 25.5 Å². The van der Waals surface area contributed by atoms with Crippen molar-refractivity contribution in [3.05, 3.63) is 93.5 Å². The number of fused-ring (bicyclic) bond motifs is 1. The van der Waals surface area contributed by atoms with E-state index in [1.165, 1.54) is 50.2 Å². The average molecular weight is 832 g/mol. The summed E-state index contributed by atoms with van der Waals surface area (Å²) < 4.78 is 1.01. The molecule has 2 aliphatic heterocycles. The highest BCUT2D eigenvalue weighted by atomic mass is 32.2. The monoisotopic (exact) mass is 831 g/mol. The Morgan fingerprint density at radius 3 is 2.31 bits per heavy atom. The summed E-state index contributed by atoms with van der Waals surface area (Å²) in [5.41, 5.74) is 11.1. The maximum atomic E-state index is 14.3. The first-order valence-corrected chi connectivity index (χ1v) is 19.1. The van der Waals surface area contributed by atoms with Gasteiger partial charge in [0.05, 0.1) is 11.7 Å². The Morgan fingerprint density at radius 2 is 1.71 bits per heavy atom. The number of hydrogen-bond donors (Lipinski definition) is 5. The molecular weight excluding hydrogens is 799 g/mol. The highest BCUT2D eigenvalue weighted by molar-refractivity contribution is 8.01. The molecule has 58 heavy (non-hydrogen) atoms. The minimum atomic E-state index is -1.58. The number of thioether (sulfide) groups is 2. The molecule has 300 valence electrons. The van der Waals surface area contributed by atoms with Crippen LogP contribution in [-0.2, 0) is 35.3 Å². The first kappa shape index (κ1) is 41.1. The summed E-state index contributed by atoms with van der Waals surface area (Å²) in [6, 6.07) is 9.75. The number of anilines is 1. The Balaban J connectivity index is 1.30. The maximum Gasteiger partial charge on any atom is 0.352 e. The molecule has 23 heteroatoms. The van der Waals surface area contributed by atoms with Crippen LogP contribution < -0.4 is 21.9 Å². The number of nitrogens with zero attached hydrogens (tertiary/aromatic N) is 8. The standard InChI is InChI=1S/C35H33N11O10S2/c1-16(36)29(51)44(17(2)47)21-10-8-19(9-11-21)27-38-12-22(28(50)39-27)30(52)45(31(53)24(37)18-6-4-3-5-7-18)26-32(54)46-25(34(55)56)20(14-57-33(26)46)15-58-35-40-41-42-43(35)13-23(48)49/h3-12,16,24,26,33H,13-15,36-37H2,1-2H3,(H,48,49)(H,55,56)(H,38,39,50)/t16?,24?,26?,33-/m0/s1. The van der Waals surface area contributed by atoms with E-state index in [9.17, 15) is 43.5 Å². The van der Waals surface area contributed by atoms with Crippen molar-refractivity contribution in [3.63, 3.8) is 0 Å². The largest absolute Gasteiger partial charge is 0.480 e. The molecule has 2 aromatic carbocycles. The molecule has 0 spiro atoms. The number of nitrogens with one attached hydrogen (secondary N) is 1. The Morgan fingerprint density at radius 1 is 1.02 bits per heavy atom. The molecule has 0 saturated carbocycles. The summed E-state index contributed by atoms with van der Waals surface area (Å²) >= 11 is 2.01. The maximum absolute atomic E-state index is 14.3. The molecule has 6 rings (SSSR count). The molecule has 0 radical (unpaired) electrons. The molecule has 2 aliphatic rings. The number of carboxylic acid groups (broad SMARTS) is 2. The number of rotatable bonds is 13. The van der Waals surface area contributed by atoms with Crippen LogP contribution in [0.15, 0.2) is 82.0 Å². The lowest BCUT2D eigenvalue weighted by atomic mass is 9.98. The van der Waals surface area contributed by atoms with E-state index in [1.807, 2.05) is 0 Å². The van der Waals surface area contributed by atoms with E-state index < -0.39 is 88.3 Å². The van der Waals surface area contributed by atoms with Crippen molar-refractivity contribution < 1.29 is 43.8 Å². The van der Waals surface area contributed by atoms with Gasteiger partial charge >= 0.3 is 11.9 Å². The summed E-state index contributed by atoms with van der Waals surface area (Å²) in [5.74, 6) is -7.13. The number of β-lactam (4-membered cyclic amide) rings is 1. The molecule has 4 aromatic rings. The van der Waals surface area contributed by atoms with Gasteiger partial charge < -0.3 is 26.7 Å². The van der Waals surface area contributed by atoms with Gasteiger partial charge in [-0.1, -0.05) is 42.1 Å². The van der Waals surface area contributed by atoms with Crippen LogP contribution in [0.2, 0.25) is 0 Å². The second-order valence-corrected chi connectivity index (χ2v) is 14.9. The van der Waals surface area contributed by atoms with Gasteiger partial charge in [-0.25, -0.2) is 19.4 Å². The van der Waals surface area contributed by atoms with Crippen LogP contribution >= 0.6 is 23.5 Å². The van der Waals surface area contributed by atoms with E-state index in [0.29, 0.717) is 10.5 Å². The summed E-state index contributed by atoms with van der Waals surface area (Å²) in [7, 11) is 0. The summed E-state index contributed by atoms with van der Waals surface area (Å²) in [4.78, 5) is 114. The van der Waals surface area contributed by atoms with Crippen molar-refractivity contribution in [1.29, 1.82) is 0 Å². The van der Waals surface area contributed by atoms with Gasteiger partial charge in [0.1, 0.15) is 41.1 Å². The Hall–Kier alpha value is -6.56. The molecule has 7 N–H and O–H groups in total. The molecule has 1 fully saturated rings. The van der Waals surface area contributed by atoms with Gasteiger partial charge in [-0.05, 0) is 52.8 Å². The molecule has 0 bridgehead atoms. The van der Waals surface area contributed by atoms with Crippen LogP contribution in [0.4, 0.5) is 5.69 Å². The van der Waals surface area contributed by atoms with E-state index >= 15 is 0 Å².